The first-order valence-electron chi connectivity index (χ1n) is 5.86. The summed E-state index contributed by atoms with van der Waals surface area (Å²) >= 11 is 0. The second-order valence-electron chi connectivity index (χ2n) is 4.28. The zero-order valence-corrected chi connectivity index (χ0v) is 11.3. The minimum Gasteiger partial charge on any atom is -0.478 e. The van der Waals surface area contributed by atoms with E-state index in [1.165, 1.54) is 29.8 Å². The summed E-state index contributed by atoms with van der Waals surface area (Å²) in [6.45, 7) is 0.935. The Kier molecular flexibility index (Phi) is 3.72. The fourth-order valence-corrected chi connectivity index (χ4v) is 3.49. The monoisotopic (exact) mass is 285 g/mol. The summed E-state index contributed by atoms with van der Waals surface area (Å²) in [5.74, 6) is -1.18. The summed E-state index contributed by atoms with van der Waals surface area (Å²) in [4.78, 5) is 14.9. The first-order chi connectivity index (χ1) is 8.94. The van der Waals surface area contributed by atoms with E-state index in [1.807, 2.05) is 0 Å². The number of aromatic nitrogens is 1. The predicted octanol–water partition coefficient (Wildman–Crippen LogP) is 0.557. The molecular weight excluding hydrogens is 270 g/mol. The number of aromatic carboxylic acids is 1. The van der Waals surface area contributed by atoms with Crippen LogP contribution >= 0.6 is 0 Å². The van der Waals surface area contributed by atoms with Crippen molar-refractivity contribution in [2.45, 2.75) is 12.8 Å². The number of nitrogens with zero attached hydrogens (tertiary/aromatic N) is 3. The van der Waals surface area contributed by atoms with Crippen LogP contribution in [0.2, 0.25) is 0 Å². The van der Waals surface area contributed by atoms with Gasteiger partial charge in [-0.05, 0) is 18.9 Å². The summed E-state index contributed by atoms with van der Waals surface area (Å²) in [5, 5.41) is 9.08. The molecule has 1 fully saturated rings. The molecule has 2 rings (SSSR count). The number of pyridine rings is 1. The average molecular weight is 285 g/mol. The number of hydrogen-bond acceptors (Lipinski definition) is 4. The van der Waals surface area contributed by atoms with Gasteiger partial charge in [0.25, 0.3) is 0 Å². The van der Waals surface area contributed by atoms with Crippen molar-refractivity contribution in [3.05, 3.63) is 24.0 Å². The van der Waals surface area contributed by atoms with Gasteiger partial charge in [-0.1, -0.05) is 0 Å². The summed E-state index contributed by atoms with van der Waals surface area (Å²) in [7, 11) is -2.34. The maximum atomic E-state index is 12.3. The molecule has 0 amide bonds. The van der Waals surface area contributed by atoms with Crippen LogP contribution in [0.4, 0.5) is 5.69 Å². The fraction of sp³-hybridized carbons (Fsp3) is 0.455. The van der Waals surface area contributed by atoms with Gasteiger partial charge in [-0.3, -0.25) is 9.29 Å². The molecule has 1 aliphatic rings. The van der Waals surface area contributed by atoms with Gasteiger partial charge in [-0.2, -0.15) is 12.7 Å². The highest BCUT2D eigenvalue weighted by Crippen LogP contribution is 2.24. The van der Waals surface area contributed by atoms with E-state index in [4.69, 9.17) is 5.11 Å². The van der Waals surface area contributed by atoms with E-state index < -0.39 is 16.2 Å². The summed E-state index contributed by atoms with van der Waals surface area (Å²) in [6.07, 6.45) is 4.22. The van der Waals surface area contributed by atoms with Crippen molar-refractivity contribution in [3.8, 4) is 0 Å². The smallest absolute Gasteiger partial charge is 0.337 e. The molecule has 7 nitrogen and oxygen atoms in total. The molecule has 1 aromatic heterocycles. The molecule has 0 saturated carbocycles. The molecule has 0 aliphatic carbocycles. The lowest BCUT2D eigenvalue weighted by Gasteiger charge is -2.25. The Labute approximate surface area is 111 Å². The normalized spacial score (nSPS) is 16.5. The van der Waals surface area contributed by atoms with E-state index in [1.54, 1.807) is 0 Å². The molecule has 2 heterocycles. The van der Waals surface area contributed by atoms with Crippen molar-refractivity contribution in [2.24, 2.45) is 0 Å². The number of carboxylic acids is 1. The molecule has 0 aromatic carbocycles. The second-order valence-corrected chi connectivity index (χ2v) is 6.24. The third kappa shape index (κ3) is 2.54. The Bertz CT molecular complexity index is 581. The van der Waals surface area contributed by atoms with Crippen LogP contribution in [0.5, 0.6) is 0 Å². The van der Waals surface area contributed by atoms with Gasteiger partial charge < -0.3 is 5.11 Å². The van der Waals surface area contributed by atoms with Gasteiger partial charge in [-0.15, -0.1) is 0 Å². The Balaban J connectivity index is 2.39. The second kappa shape index (κ2) is 5.14. The molecule has 0 bridgehead atoms. The van der Waals surface area contributed by atoms with Crippen molar-refractivity contribution in [1.82, 2.24) is 9.29 Å². The summed E-state index contributed by atoms with van der Waals surface area (Å²) in [6, 6.07) is 1.29. The lowest BCUT2D eigenvalue weighted by Crippen LogP contribution is -2.41. The van der Waals surface area contributed by atoms with Crippen LogP contribution in [-0.4, -0.2) is 48.9 Å². The van der Waals surface area contributed by atoms with Crippen LogP contribution in [0.3, 0.4) is 0 Å². The minimum absolute atomic E-state index is 0.0712. The van der Waals surface area contributed by atoms with Gasteiger partial charge >= 0.3 is 16.2 Å². The van der Waals surface area contributed by atoms with Crippen LogP contribution in [0.25, 0.3) is 0 Å². The largest absolute Gasteiger partial charge is 0.478 e. The molecule has 0 atom stereocenters. The molecule has 1 N–H and O–H groups in total. The zero-order chi connectivity index (χ0) is 14.0. The SMILES string of the molecule is CN(c1cnccc1C(=O)O)S(=O)(=O)N1CCCC1. The first-order valence-corrected chi connectivity index (χ1v) is 7.25. The molecule has 0 radical (unpaired) electrons. The first kappa shape index (κ1) is 13.8. The van der Waals surface area contributed by atoms with Crippen molar-refractivity contribution in [2.75, 3.05) is 24.4 Å². The Hall–Kier alpha value is -1.67. The number of rotatable bonds is 4. The minimum atomic E-state index is -3.68. The Morgan fingerprint density at radius 3 is 2.63 bits per heavy atom. The molecule has 19 heavy (non-hydrogen) atoms. The van der Waals surface area contributed by atoms with Crippen molar-refractivity contribution < 1.29 is 18.3 Å². The van der Waals surface area contributed by atoms with Crippen molar-refractivity contribution in [1.29, 1.82) is 0 Å². The van der Waals surface area contributed by atoms with E-state index in [0.717, 1.165) is 17.1 Å². The number of carboxylic acid groups (broad SMARTS) is 1. The zero-order valence-electron chi connectivity index (χ0n) is 10.5. The maximum absolute atomic E-state index is 12.3. The van der Waals surface area contributed by atoms with E-state index >= 15 is 0 Å². The highest BCUT2D eigenvalue weighted by atomic mass is 32.2. The van der Waals surface area contributed by atoms with E-state index in [-0.39, 0.29) is 11.3 Å². The fourth-order valence-electron chi connectivity index (χ4n) is 2.03. The van der Waals surface area contributed by atoms with Crippen LogP contribution in [0.1, 0.15) is 23.2 Å². The Morgan fingerprint density at radius 1 is 1.42 bits per heavy atom. The summed E-state index contributed by atoms with van der Waals surface area (Å²) in [5.41, 5.74) is -0.0119. The van der Waals surface area contributed by atoms with E-state index in [9.17, 15) is 13.2 Å². The van der Waals surface area contributed by atoms with Gasteiger partial charge in [-0.25, -0.2) is 4.79 Å². The Morgan fingerprint density at radius 2 is 2.05 bits per heavy atom. The highest BCUT2D eigenvalue weighted by Gasteiger charge is 2.31. The maximum Gasteiger partial charge on any atom is 0.337 e. The van der Waals surface area contributed by atoms with Crippen LogP contribution in [0, 0.1) is 0 Å². The molecule has 104 valence electrons. The molecule has 0 spiro atoms. The lowest BCUT2D eigenvalue weighted by molar-refractivity contribution is 0.0697. The number of hydrogen-bond donors (Lipinski definition) is 1. The highest BCUT2D eigenvalue weighted by molar-refractivity contribution is 7.90. The van der Waals surface area contributed by atoms with Gasteiger partial charge in [0.1, 0.15) is 0 Å². The van der Waals surface area contributed by atoms with Gasteiger partial charge in [0.15, 0.2) is 0 Å². The van der Waals surface area contributed by atoms with Gasteiger partial charge in [0.05, 0.1) is 17.4 Å². The molecule has 1 aromatic rings. The standard InChI is InChI=1S/C11H15N3O4S/c1-13(19(17,18)14-6-2-3-7-14)10-8-12-5-4-9(10)11(15)16/h4-5,8H,2-3,6-7H2,1H3,(H,15,16). The average Bonchev–Trinajstić information content (AvgIpc) is 2.92. The van der Waals surface area contributed by atoms with Crippen molar-refractivity contribution in [3.63, 3.8) is 0 Å². The molecule has 0 unspecified atom stereocenters. The number of carbonyl (C=O) groups is 1. The predicted molar refractivity (Wildman–Crippen MR) is 69.3 cm³/mol. The number of anilines is 1. The summed E-state index contributed by atoms with van der Waals surface area (Å²) < 4.78 is 27.0. The van der Waals surface area contributed by atoms with E-state index in [2.05, 4.69) is 4.98 Å². The molecule has 1 saturated heterocycles. The van der Waals surface area contributed by atoms with Crippen LogP contribution in [0.15, 0.2) is 18.5 Å². The van der Waals surface area contributed by atoms with E-state index in [0.29, 0.717) is 13.1 Å². The molecule has 8 heteroatoms. The third-order valence-corrected chi connectivity index (χ3v) is 5.01. The van der Waals surface area contributed by atoms with Crippen LogP contribution in [-0.2, 0) is 10.2 Å². The van der Waals surface area contributed by atoms with Gasteiger partial charge in [0, 0.05) is 26.3 Å². The van der Waals surface area contributed by atoms with Crippen LogP contribution < -0.4 is 4.31 Å². The molecular formula is C11H15N3O4S. The van der Waals surface area contributed by atoms with Crippen molar-refractivity contribution >= 4 is 21.9 Å². The lowest BCUT2D eigenvalue weighted by atomic mass is 10.2. The third-order valence-electron chi connectivity index (χ3n) is 3.11. The quantitative estimate of drug-likeness (QED) is 0.872. The van der Waals surface area contributed by atoms with Gasteiger partial charge in [0.2, 0.25) is 0 Å². The molecule has 1 aliphatic heterocycles. The topological polar surface area (TPSA) is 90.8 Å².